The number of ether oxygens (including phenoxy) is 2. The van der Waals surface area contributed by atoms with Crippen molar-refractivity contribution < 1.29 is 18.7 Å². The van der Waals surface area contributed by atoms with E-state index in [1.54, 1.807) is 30.3 Å². The summed E-state index contributed by atoms with van der Waals surface area (Å²) in [6.07, 6.45) is 0. The SMILES string of the molecule is O=C(Cn1nnc(-c2ccc(F)cc2)n1)c1ccc2c(c1)OCO2. The molecule has 0 aliphatic carbocycles. The van der Waals surface area contributed by atoms with Crippen LogP contribution in [-0.2, 0) is 6.54 Å². The fraction of sp³-hybridized carbons (Fsp3) is 0.125. The van der Waals surface area contributed by atoms with E-state index in [0.717, 1.165) is 0 Å². The van der Waals surface area contributed by atoms with Crippen molar-refractivity contribution in [2.24, 2.45) is 0 Å². The zero-order valence-corrected chi connectivity index (χ0v) is 12.3. The Balaban J connectivity index is 1.51. The van der Waals surface area contributed by atoms with Crippen LogP contribution in [0.25, 0.3) is 11.4 Å². The number of hydrogen-bond donors (Lipinski definition) is 0. The molecule has 2 aromatic carbocycles. The summed E-state index contributed by atoms with van der Waals surface area (Å²) in [7, 11) is 0. The fourth-order valence-electron chi connectivity index (χ4n) is 2.31. The number of Topliss-reactive ketones (excluding diaryl/α,β-unsaturated/α-hetero) is 1. The standard InChI is InChI=1S/C16H11FN4O3/c17-12-4-1-10(2-5-12)16-18-20-21(19-16)8-13(22)11-3-6-14-15(7-11)24-9-23-14/h1-7H,8-9H2. The first-order chi connectivity index (χ1) is 11.7. The minimum atomic E-state index is -0.343. The molecule has 0 radical (unpaired) electrons. The van der Waals surface area contributed by atoms with Crippen LogP contribution in [0.3, 0.4) is 0 Å². The number of rotatable bonds is 4. The summed E-state index contributed by atoms with van der Waals surface area (Å²) in [4.78, 5) is 13.5. The number of carbonyl (C=O) groups excluding carboxylic acids is 1. The monoisotopic (exact) mass is 326 g/mol. The van der Waals surface area contributed by atoms with Gasteiger partial charge in [-0.3, -0.25) is 4.79 Å². The molecule has 0 N–H and O–H groups in total. The zero-order valence-electron chi connectivity index (χ0n) is 12.3. The van der Waals surface area contributed by atoms with Crippen molar-refractivity contribution in [2.75, 3.05) is 6.79 Å². The van der Waals surface area contributed by atoms with E-state index in [4.69, 9.17) is 9.47 Å². The molecule has 0 saturated carbocycles. The summed E-state index contributed by atoms with van der Waals surface area (Å²) in [5.74, 6) is 0.956. The molecule has 8 heteroatoms. The van der Waals surface area contributed by atoms with E-state index in [-0.39, 0.29) is 24.9 Å². The van der Waals surface area contributed by atoms with E-state index in [0.29, 0.717) is 28.5 Å². The van der Waals surface area contributed by atoms with Crippen molar-refractivity contribution in [3.8, 4) is 22.9 Å². The smallest absolute Gasteiger partial charge is 0.231 e. The van der Waals surface area contributed by atoms with E-state index >= 15 is 0 Å². The lowest BCUT2D eigenvalue weighted by Crippen LogP contribution is -2.13. The number of benzene rings is 2. The van der Waals surface area contributed by atoms with Gasteiger partial charge in [-0.2, -0.15) is 4.80 Å². The largest absolute Gasteiger partial charge is 0.454 e. The van der Waals surface area contributed by atoms with Crippen LogP contribution in [0.15, 0.2) is 42.5 Å². The van der Waals surface area contributed by atoms with E-state index in [2.05, 4.69) is 15.4 Å². The highest BCUT2D eigenvalue weighted by Crippen LogP contribution is 2.32. The first kappa shape index (κ1) is 14.3. The molecular weight excluding hydrogens is 315 g/mol. The average molecular weight is 326 g/mol. The average Bonchev–Trinajstić information content (AvgIpc) is 3.24. The highest BCUT2D eigenvalue weighted by molar-refractivity contribution is 5.96. The quantitative estimate of drug-likeness (QED) is 0.683. The van der Waals surface area contributed by atoms with E-state index < -0.39 is 0 Å². The topological polar surface area (TPSA) is 79.1 Å². The lowest BCUT2D eigenvalue weighted by Gasteiger charge is -2.01. The maximum Gasteiger partial charge on any atom is 0.231 e. The van der Waals surface area contributed by atoms with Crippen LogP contribution in [0.2, 0.25) is 0 Å². The first-order valence-electron chi connectivity index (χ1n) is 7.16. The Morgan fingerprint density at radius 2 is 1.92 bits per heavy atom. The van der Waals surface area contributed by atoms with Gasteiger partial charge in [0, 0.05) is 11.1 Å². The highest BCUT2D eigenvalue weighted by Gasteiger charge is 2.17. The molecule has 0 amide bonds. The highest BCUT2D eigenvalue weighted by atomic mass is 19.1. The summed E-state index contributed by atoms with van der Waals surface area (Å²) in [5, 5.41) is 11.9. The number of carbonyl (C=O) groups is 1. The Labute approximate surface area is 135 Å². The van der Waals surface area contributed by atoms with Crippen LogP contribution < -0.4 is 9.47 Å². The van der Waals surface area contributed by atoms with Crippen molar-refractivity contribution in [1.82, 2.24) is 20.2 Å². The van der Waals surface area contributed by atoms with Gasteiger partial charge in [0.2, 0.25) is 12.6 Å². The Bertz CT molecular complexity index is 908. The first-order valence-corrected chi connectivity index (χ1v) is 7.16. The normalized spacial score (nSPS) is 12.4. The van der Waals surface area contributed by atoms with Crippen LogP contribution in [-0.4, -0.2) is 32.8 Å². The van der Waals surface area contributed by atoms with Gasteiger partial charge in [0.15, 0.2) is 17.3 Å². The number of ketones is 1. The van der Waals surface area contributed by atoms with Crippen molar-refractivity contribution in [3.63, 3.8) is 0 Å². The molecule has 0 atom stereocenters. The molecular formula is C16H11FN4O3. The number of nitrogens with zero attached hydrogens (tertiary/aromatic N) is 4. The third-order valence-corrected chi connectivity index (χ3v) is 3.53. The number of halogens is 1. The van der Waals surface area contributed by atoms with Crippen LogP contribution in [0.4, 0.5) is 4.39 Å². The third-order valence-electron chi connectivity index (χ3n) is 3.53. The van der Waals surface area contributed by atoms with Crippen molar-refractivity contribution >= 4 is 5.78 Å². The Morgan fingerprint density at radius 3 is 2.75 bits per heavy atom. The third kappa shape index (κ3) is 2.69. The predicted molar refractivity (Wildman–Crippen MR) is 80.1 cm³/mol. The van der Waals surface area contributed by atoms with Crippen molar-refractivity contribution in [1.29, 1.82) is 0 Å². The minimum Gasteiger partial charge on any atom is -0.454 e. The lowest BCUT2D eigenvalue weighted by atomic mass is 10.1. The van der Waals surface area contributed by atoms with Crippen LogP contribution in [0.5, 0.6) is 11.5 Å². The fourth-order valence-corrected chi connectivity index (χ4v) is 2.31. The molecule has 0 unspecified atom stereocenters. The van der Waals surface area contributed by atoms with Gasteiger partial charge >= 0.3 is 0 Å². The van der Waals surface area contributed by atoms with Crippen LogP contribution >= 0.6 is 0 Å². The summed E-state index contributed by atoms with van der Waals surface area (Å²) < 4.78 is 23.4. The predicted octanol–water partition coefficient (Wildman–Crippen LogP) is 2.09. The molecule has 24 heavy (non-hydrogen) atoms. The summed E-state index contributed by atoms with van der Waals surface area (Å²) >= 11 is 0. The maximum absolute atomic E-state index is 12.9. The minimum absolute atomic E-state index is 0.0617. The van der Waals surface area contributed by atoms with Gasteiger partial charge in [-0.05, 0) is 47.7 Å². The summed E-state index contributed by atoms with van der Waals surface area (Å²) in [6.45, 7) is 0.0898. The van der Waals surface area contributed by atoms with Gasteiger partial charge in [-0.25, -0.2) is 4.39 Å². The summed E-state index contributed by atoms with van der Waals surface area (Å²) in [6, 6.07) is 10.7. The molecule has 1 aliphatic rings. The molecule has 2 heterocycles. The lowest BCUT2D eigenvalue weighted by molar-refractivity contribution is 0.0961. The van der Waals surface area contributed by atoms with Crippen LogP contribution in [0.1, 0.15) is 10.4 Å². The Kier molecular flexibility index (Phi) is 3.42. The Morgan fingerprint density at radius 1 is 1.12 bits per heavy atom. The van der Waals surface area contributed by atoms with Gasteiger partial charge in [-0.15, -0.1) is 10.2 Å². The molecule has 3 aromatic rings. The van der Waals surface area contributed by atoms with Gasteiger partial charge in [-0.1, -0.05) is 0 Å². The summed E-state index contributed by atoms with van der Waals surface area (Å²) in [5.41, 5.74) is 1.10. The molecule has 4 rings (SSSR count). The van der Waals surface area contributed by atoms with E-state index in [9.17, 15) is 9.18 Å². The van der Waals surface area contributed by atoms with Gasteiger partial charge in [0.05, 0.1) is 0 Å². The number of hydrogen-bond acceptors (Lipinski definition) is 6. The number of tetrazole rings is 1. The number of aromatic nitrogens is 4. The molecule has 0 fully saturated rings. The molecule has 7 nitrogen and oxygen atoms in total. The maximum atomic E-state index is 12.9. The van der Waals surface area contributed by atoms with E-state index in [1.165, 1.54) is 16.9 Å². The Hall–Kier alpha value is -3.29. The second-order valence-electron chi connectivity index (χ2n) is 5.14. The molecule has 0 bridgehead atoms. The van der Waals surface area contributed by atoms with Crippen LogP contribution in [0, 0.1) is 5.82 Å². The second-order valence-corrected chi connectivity index (χ2v) is 5.14. The zero-order chi connectivity index (χ0) is 16.5. The van der Waals surface area contributed by atoms with Crippen molar-refractivity contribution in [3.05, 3.63) is 53.8 Å². The molecule has 120 valence electrons. The molecule has 0 spiro atoms. The second kappa shape index (κ2) is 5.73. The molecule has 1 aromatic heterocycles. The number of fused-ring (bicyclic) bond motifs is 1. The molecule has 1 aliphatic heterocycles. The van der Waals surface area contributed by atoms with Gasteiger partial charge in [0.1, 0.15) is 12.4 Å². The van der Waals surface area contributed by atoms with E-state index in [1.807, 2.05) is 0 Å². The van der Waals surface area contributed by atoms with Gasteiger partial charge in [0.25, 0.3) is 0 Å². The molecule has 0 saturated heterocycles. The van der Waals surface area contributed by atoms with Gasteiger partial charge < -0.3 is 9.47 Å². The van der Waals surface area contributed by atoms with Crippen molar-refractivity contribution in [2.45, 2.75) is 6.54 Å².